The maximum absolute atomic E-state index is 11.9. The van der Waals surface area contributed by atoms with Crippen LogP contribution in [0.15, 0.2) is 43.0 Å². The standard InChI is InChI=1S/C18H18O4/c1-3-12-10-13(16-15(12)17(19)22-18(16)20)7-4-11-5-8-14(21-2)9-6-11/h3-9,12-13,15-16H,1,10H2,2H3/b7-4+/t12-,13+,15-,16+/m1/s1. The number of methoxy groups -OCH3 is 1. The molecule has 1 aromatic carbocycles. The summed E-state index contributed by atoms with van der Waals surface area (Å²) in [5.74, 6) is -0.720. The minimum Gasteiger partial charge on any atom is -0.497 e. The molecular weight excluding hydrogens is 280 g/mol. The number of cyclic esters (lactones) is 2. The highest BCUT2D eigenvalue weighted by atomic mass is 16.6. The van der Waals surface area contributed by atoms with E-state index in [0.717, 1.165) is 17.7 Å². The van der Waals surface area contributed by atoms with Crippen molar-refractivity contribution >= 4 is 18.0 Å². The van der Waals surface area contributed by atoms with Gasteiger partial charge in [0.25, 0.3) is 0 Å². The third kappa shape index (κ3) is 2.45. The highest BCUT2D eigenvalue weighted by Gasteiger charge is 2.55. The molecule has 2 aliphatic rings. The van der Waals surface area contributed by atoms with Crippen LogP contribution in [-0.2, 0) is 14.3 Å². The smallest absolute Gasteiger partial charge is 0.318 e. The van der Waals surface area contributed by atoms with Crippen molar-refractivity contribution in [3.63, 3.8) is 0 Å². The second-order valence-corrected chi connectivity index (χ2v) is 5.72. The van der Waals surface area contributed by atoms with Gasteiger partial charge in [0.1, 0.15) is 5.75 Å². The number of ether oxygens (including phenoxy) is 2. The summed E-state index contributed by atoms with van der Waals surface area (Å²) >= 11 is 0. The molecule has 3 rings (SSSR count). The highest BCUT2D eigenvalue weighted by molar-refractivity contribution is 5.97. The van der Waals surface area contributed by atoms with Crippen molar-refractivity contribution in [3.05, 3.63) is 48.6 Å². The minimum atomic E-state index is -0.403. The maximum Gasteiger partial charge on any atom is 0.318 e. The molecule has 0 N–H and O–H groups in total. The molecule has 1 aliphatic carbocycles. The summed E-state index contributed by atoms with van der Waals surface area (Å²) < 4.78 is 9.92. The fourth-order valence-corrected chi connectivity index (χ4v) is 3.41. The van der Waals surface area contributed by atoms with Crippen molar-refractivity contribution in [1.82, 2.24) is 0 Å². The third-order valence-corrected chi connectivity index (χ3v) is 4.55. The van der Waals surface area contributed by atoms with E-state index >= 15 is 0 Å². The summed E-state index contributed by atoms with van der Waals surface area (Å²) in [4.78, 5) is 23.7. The lowest BCUT2D eigenvalue weighted by Gasteiger charge is -2.09. The lowest BCUT2D eigenvalue weighted by atomic mass is 9.89. The van der Waals surface area contributed by atoms with Gasteiger partial charge in [-0.1, -0.05) is 30.4 Å². The number of fused-ring (bicyclic) bond motifs is 1. The van der Waals surface area contributed by atoms with Crippen LogP contribution >= 0.6 is 0 Å². The normalized spacial score (nSPS) is 30.4. The monoisotopic (exact) mass is 298 g/mol. The van der Waals surface area contributed by atoms with Crippen molar-refractivity contribution in [1.29, 1.82) is 0 Å². The van der Waals surface area contributed by atoms with Gasteiger partial charge >= 0.3 is 11.9 Å². The molecule has 22 heavy (non-hydrogen) atoms. The molecule has 0 radical (unpaired) electrons. The van der Waals surface area contributed by atoms with Gasteiger partial charge in [0.05, 0.1) is 18.9 Å². The Labute approximate surface area is 129 Å². The summed E-state index contributed by atoms with van der Waals surface area (Å²) in [6.45, 7) is 3.78. The molecule has 0 unspecified atom stereocenters. The average molecular weight is 298 g/mol. The highest BCUT2D eigenvalue weighted by Crippen LogP contribution is 2.47. The summed E-state index contributed by atoms with van der Waals surface area (Å²) in [6, 6.07) is 7.67. The van der Waals surface area contributed by atoms with E-state index < -0.39 is 11.9 Å². The second-order valence-electron chi connectivity index (χ2n) is 5.72. The number of hydrogen-bond acceptors (Lipinski definition) is 4. The molecular formula is C18H18O4. The van der Waals surface area contributed by atoms with Gasteiger partial charge in [-0.15, -0.1) is 6.58 Å². The predicted octanol–water partition coefficient (Wildman–Crippen LogP) is 2.85. The molecule has 0 spiro atoms. The lowest BCUT2D eigenvalue weighted by Crippen LogP contribution is -2.19. The van der Waals surface area contributed by atoms with E-state index in [-0.39, 0.29) is 23.7 Å². The van der Waals surface area contributed by atoms with E-state index in [0.29, 0.717) is 0 Å². The first-order valence-corrected chi connectivity index (χ1v) is 7.34. The minimum absolute atomic E-state index is 0.00838. The van der Waals surface area contributed by atoms with E-state index in [1.165, 1.54) is 0 Å². The molecule has 4 atom stereocenters. The van der Waals surface area contributed by atoms with Crippen molar-refractivity contribution < 1.29 is 19.1 Å². The van der Waals surface area contributed by atoms with Crippen molar-refractivity contribution in [2.75, 3.05) is 7.11 Å². The summed E-state index contributed by atoms with van der Waals surface area (Å²) in [6.07, 6.45) is 6.50. The zero-order chi connectivity index (χ0) is 15.7. The first kappa shape index (κ1) is 14.6. The average Bonchev–Trinajstić information content (AvgIpc) is 3.05. The van der Waals surface area contributed by atoms with Gasteiger partial charge in [-0.3, -0.25) is 9.59 Å². The van der Waals surface area contributed by atoms with Crippen LogP contribution in [0.4, 0.5) is 0 Å². The molecule has 0 bridgehead atoms. The van der Waals surface area contributed by atoms with Gasteiger partial charge in [0, 0.05) is 0 Å². The van der Waals surface area contributed by atoms with Crippen LogP contribution < -0.4 is 4.74 Å². The van der Waals surface area contributed by atoms with Gasteiger partial charge in [-0.2, -0.15) is 0 Å². The van der Waals surface area contributed by atoms with Gasteiger partial charge < -0.3 is 9.47 Å². The molecule has 1 aromatic rings. The third-order valence-electron chi connectivity index (χ3n) is 4.55. The maximum atomic E-state index is 11.9. The second kappa shape index (κ2) is 5.79. The van der Waals surface area contributed by atoms with Crippen LogP contribution in [-0.4, -0.2) is 19.0 Å². The zero-order valence-electron chi connectivity index (χ0n) is 12.4. The number of carbonyl (C=O) groups is 2. The molecule has 1 aliphatic heterocycles. The first-order valence-electron chi connectivity index (χ1n) is 7.34. The van der Waals surface area contributed by atoms with Crippen LogP contribution in [0.25, 0.3) is 6.08 Å². The van der Waals surface area contributed by atoms with E-state index in [4.69, 9.17) is 9.47 Å². The van der Waals surface area contributed by atoms with Crippen LogP contribution in [0.3, 0.4) is 0 Å². The van der Waals surface area contributed by atoms with Crippen molar-refractivity contribution in [3.8, 4) is 5.75 Å². The van der Waals surface area contributed by atoms with E-state index in [1.54, 1.807) is 13.2 Å². The molecule has 4 heteroatoms. The molecule has 2 fully saturated rings. The van der Waals surface area contributed by atoms with Crippen LogP contribution in [0, 0.1) is 23.7 Å². The molecule has 114 valence electrons. The van der Waals surface area contributed by atoms with E-state index in [1.807, 2.05) is 36.4 Å². The number of benzene rings is 1. The molecule has 1 heterocycles. The SMILES string of the molecule is C=C[C@@H]1C[C@H](/C=C/c2ccc(OC)cc2)[C@@H]2C(=O)OC(=O)[C@@H]21. The van der Waals surface area contributed by atoms with Gasteiger partial charge in [-0.25, -0.2) is 0 Å². The van der Waals surface area contributed by atoms with Crippen molar-refractivity contribution in [2.24, 2.45) is 23.7 Å². The number of rotatable bonds is 4. The number of carbonyl (C=O) groups excluding carboxylic acids is 2. The quantitative estimate of drug-likeness (QED) is 0.487. The lowest BCUT2D eigenvalue weighted by molar-refractivity contribution is -0.154. The van der Waals surface area contributed by atoms with E-state index in [9.17, 15) is 9.59 Å². The summed E-state index contributed by atoms with van der Waals surface area (Å²) in [5.41, 5.74) is 1.03. The van der Waals surface area contributed by atoms with Crippen LogP contribution in [0.1, 0.15) is 12.0 Å². The fourth-order valence-electron chi connectivity index (χ4n) is 3.41. The Morgan fingerprint density at radius 2 is 1.77 bits per heavy atom. The largest absolute Gasteiger partial charge is 0.497 e. The Hall–Kier alpha value is -2.36. The number of hydrogen-bond donors (Lipinski definition) is 0. The van der Waals surface area contributed by atoms with Gasteiger partial charge in [0.2, 0.25) is 0 Å². The van der Waals surface area contributed by atoms with Crippen LogP contribution in [0.5, 0.6) is 5.75 Å². The Kier molecular flexibility index (Phi) is 3.84. The molecule has 1 saturated carbocycles. The first-order chi connectivity index (χ1) is 10.6. The topological polar surface area (TPSA) is 52.6 Å². The predicted molar refractivity (Wildman–Crippen MR) is 81.9 cm³/mol. The molecule has 1 saturated heterocycles. The number of esters is 2. The zero-order valence-corrected chi connectivity index (χ0v) is 12.4. The molecule has 0 aromatic heterocycles. The van der Waals surface area contributed by atoms with Crippen LogP contribution in [0.2, 0.25) is 0 Å². The van der Waals surface area contributed by atoms with Gasteiger partial charge in [-0.05, 0) is 36.0 Å². The Morgan fingerprint density at radius 3 is 2.36 bits per heavy atom. The number of allylic oxidation sites excluding steroid dienone is 2. The molecule has 0 amide bonds. The summed E-state index contributed by atoms with van der Waals surface area (Å²) in [5, 5.41) is 0. The van der Waals surface area contributed by atoms with E-state index in [2.05, 4.69) is 6.58 Å². The Balaban J connectivity index is 1.79. The Bertz CT molecular complexity index is 629. The fraction of sp³-hybridized carbons (Fsp3) is 0.333. The summed E-state index contributed by atoms with van der Waals surface area (Å²) in [7, 11) is 1.63. The van der Waals surface area contributed by atoms with Crippen molar-refractivity contribution in [2.45, 2.75) is 6.42 Å². The van der Waals surface area contributed by atoms with Gasteiger partial charge in [0.15, 0.2) is 0 Å². The molecule has 4 nitrogen and oxygen atoms in total. The Morgan fingerprint density at radius 1 is 1.14 bits per heavy atom.